The van der Waals surface area contributed by atoms with E-state index in [4.69, 9.17) is 0 Å². The lowest BCUT2D eigenvalue weighted by Crippen LogP contribution is -2.52. The molecule has 6 heteroatoms. The zero-order valence-electron chi connectivity index (χ0n) is 11.4. The molecule has 110 valence electrons. The first-order valence-electron chi connectivity index (χ1n) is 6.82. The molecule has 2 aliphatic heterocycles. The second-order valence-electron chi connectivity index (χ2n) is 5.62. The standard InChI is InChI=1S/C14H18F3N3/c1-10-3-2-4-13-12(10)8-19(7-11-5-18-6-11)20(13)9-14(15,16)17/h2-4,11,18H,5-9H2,1H3. The van der Waals surface area contributed by atoms with E-state index in [1.165, 1.54) is 5.01 Å². The van der Waals surface area contributed by atoms with Crippen molar-refractivity contribution in [1.82, 2.24) is 10.3 Å². The first kappa shape index (κ1) is 13.7. The maximum absolute atomic E-state index is 12.8. The van der Waals surface area contributed by atoms with Crippen LogP contribution < -0.4 is 10.3 Å². The number of rotatable bonds is 3. The second-order valence-corrected chi connectivity index (χ2v) is 5.62. The van der Waals surface area contributed by atoms with Crippen LogP contribution in [0, 0.1) is 12.8 Å². The SMILES string of the molecule is Cc1cccc2c1CN(CC1CNC1)N2CC(F)(F)F. The van der Waals surface area contributed by atoms with Crippen LogP contribution in [0.1, 0.15) is 11.1 Å². The highest BCUT2D eigenvalue weighted by Crippen LogP contribution is 2.36. The first-order chi connectivity index (χ1) is 9.44. The zero-order valence-corrected chi connectivity index (χ0v) is 11.4. The lowest BCUT2D eigenvalue weighted by atomic mass is 10.0. The van der Waals surface area contributed by atoms with Gasteiger partial charge in [0, 0.05) is 26.2 Å². The third-order valence-electron chi connectivity index (χ3n) is 4.01. The molecule has 2 heterocycles. The van der Waals surface area contributed by atoms with Crippen LogP contribution in [0.2, 0.25) is 0 Å². The molecule has 0 saturated carbocycles. The van der Waals surface area contributed by atoms with Crippen molar-refractivity contribution in [3.8, 4) is 0 Å². The summed E-state index contributed by atoms with van der Waals surface area (Å²) in [4.78, 5) is 0. The highest BCUT2D eigenvalue weighted by atomic mass is 19.4. The molecule has 1 saturated heterocycles. The maximum atomic E-state index is 12.8. The Balaban J connectivity index is 1.85. The molecule has 0 aliphatic carbocycles. The molecule has 0 spiro atoms. The molecule has 3 nitrogen and oxygen atoms in total. The molecule has 0 amide bonds. The van der Waals surface area contributed by atoms with Crippen LogP contribution in [-0.4, -0.2) is 37.4 Å². The zero-order chi connectivity index (χ0) is 14.3. The average molecular weight is 285 g/mol. The summed E-state index contributed by atoms with van der Waals surface area (Å²) in [7, 11) is 0. The van der Waals surface area contributed by atoms with E-state index >= 15 is 0 Å². The van der Waals surface area contributed by atoms with Gasteiger partial charge in [0.05, 0.1) is 5.69 Å². The molecule has 1 aromatic carbocycles. The lowest BCUT2D eigenvalue weighted by Gasteiger charge is -2.36. The van der Waals surface area contributed by atoms with Gasteiger partial charge in [-0.3, -0.25) is 5.01 Å². The van der Waals surface area contributed by atoms with E-state index < -0.39 is 12.7 Å². The average Bonchev–Trinajstić information content (AvgIpc) is 2.62. The van der Waals surface area contributed by atoms with Gasteiger partial charge in [-0.05, 0) is 30.0 Å². The molecule has 20 heavy (non-hydrogen) atoms. The summed E-state index contributed by atoms with van der Waals surface area (Å²) >= 11 is 0. The summed E-state index contributed by atoms with van der Waals surface area (Å²) in [6.07, 6.45) is -4.19. The summed E-state index contributed by atoms with van der Waals surface area (Å²) in [6, 6.07) is 5.57. The number of benzene rings is 1. The molecule has 1 aromatic rings. The van der Waals surface area contributed by atoms with Crippen molar-refractivity contribution in [2.75, 3.05) is 31.2 Å². The molecular weight excluding hydrogens is 267 g/mol. The quantitative estimate of drug-likeness (QED) is 0.919. The van der Waals surface area contributed by atoms with Gasteiger partial charge >= 0.3 is 6.18 Å². The highest BCUT2D eigenvalue weighted by molar-refractivity contribution is 5.59. The Bertz CT molecular complexity index is 497. The third-order valence-corrected chi connectivity index (χ3v) is 4.01. The normalized spacial score (nSPS) is 20.1. The van der Waals surface area contributed by atoms with Gasteiger partial charge in [0.2, 0.25) is 0 Å². The van der Waals surface area contributed by atoms with Crippen LogP contribution in [0.15, 0.2) is 18.2 Å². The Morgan fingerprint density at radius 3 is 2.65 bits per heavy atom. The third kappa shape index (κ3) is 2.62. The highest BCUT2D eigenvalue weighted by Gasteiger charge is 2.39. The molecule has 0 atom stereocenters. The number of hydrazine groups is 1. The fourth-order valence-electron chi connectivity index (χ4n) is 2.85. The van der Waals surface area contributed by atoms with Crippen LogP contribution in [0.5, 0.6) is 0 Å². The number of fused-ring (bicyclic) bond motifs is 1. The number of nitrogens with zero attached hydrogens (tertiary/aromatic N) is 2. The molecule has 0 radical (unpaired) electrons. The fraction of sp³-hybridized carbons (Fsp3) is 0.571. The van der Waals surface area contributed by atoms with E-state index in [0.717, 1.165) is 24.2 Å². The monoisotopic (exact) mass is 285 g/mol. The van der Waals surface area contributed by atoms with Crippen LogP contribution >= 0.6 is 0 Å². The summed E-state index contributed by atoms with van der Waals surface area (Å²) in [5, 5.41) is 6.41. The Labute approximate surface area is 116 Å². The summed E-state index contributed by atoms with van der Waals surface area (Å²) in [6.45, 7) is 4.09. The summed E-state index contributed by atoms with van der Waals surface area (Å²) < 4.78 is 38.5. The molecule has 0 unspecified atom stereocenters. The van der Waals surface area contributed by atoms with E-state index in [9.17, 15) is 13.2 Å². The van der Waals surface area contributed by atoms with Gasteiger partial charge in [0.25, 0.3) is 0 Å². The molecular formula is C14H18F3N3. The largest absolute Gasteiger partial charge is 0.407 e. The van der Waals surface area contributed by atoms with Crippen molar-refractivity contribution >= 4 is 5.69 Å². The Hall–Kier alpha value is -1.27. The van der Waals surface area contributed by atoms with Gasteiger partial charge in [-0.25, -0.2) is 5.01 Å². The van der Waals surface area contributed by atoms with Crippen molar-refractivity contribution in [3.63, 3.8) is 0 Å². The van der Waals surface area contributed by atoms with Gasteiger partial charge in [-0.15, -0.1) is 0 Å². The Morgan fingerprint density at radius 2 is 2.05 bits per heavy atom. The van der Waals surface area contributed by atoms with E-state index in [2.05, 4.69) is 5.32 Å². The number of halogens is 3. The van der Waals surface area contributed by atoms with Gasteiger partial charge in [0.1, 0.15) is 6.54 Å². The van der Waals surface area contributed by atoms with Crippen molar-refractivity contribution in [1.29, 1.82) is 0 Å². The number of hydrogen-bond donors (Lipinski definition) is 1. The predicted molar refractivity (Wildman–Crippen MR) is 71.3 cm³/mol. The summed E-state index contributed by atoms with van der Waals surface area (Å²) in [5.41, 5.74) is 2.78. The molecule has 3 rings (SSSR count). The topological polar surface area (TPSA) is 18.5 Å². The molecule has 1 N–H and O–H groups in total. The van der Waals surface area contributed by atoms with Crippen LogP contribution in [0.4, 0.5) is 18.9 Å². The minimum Gasteiger partial charge on any atom is -0.316 e. The van der Waals surface area contributed by atoms with E-state index in [-0.39, 0.29) is 0 Å². The van der Waals surface area contributed by atoms with Crippen LogP contribution in [0.3, 0.4) is 0 Å². The minimum absolute atomic E-state index is 0.445. The number of anilines is 1. The Kier molecular flexibility index (Phi) is 3.38. The van der Waals surface area contributed by atoms with Gasteiger partial charge in [-0.1, -0.05) is 12.1 Å². The molecule has 2 aliphatic rings. The van der Waals surface area contributed by atoms with Gasteiger partial charge in [0.15, 0.2) is 0 Å². The predicted octanol–water partition coefficient (Wildman–Crippen LogP) is 2.31. The van der Waals surface area contributed by atoms with E-state index in [0.29, 0.717) is 24.7 Å². The van der Waals surface area contributed by atoms with Crippen molar-refractivity contribution in [2.45, 2.75) is 19.6 Å². The molecule has 0 bridgehead atoms. The van der Waals surface area contributed by atoms with E-state index in [1.807, 2.05) is 24.1 Å². The molecule has 0 aromatic heterocycles. The van der Waals surface area contributed by atoms with Crippen molar-refractivity contribution < 1.29 is 13.2 Å². The van der Waals surface area contributed by atoms with Gasteiger partial charge < -0.3 is 5.32 Å². The second kappa shape index (κ2) is 4.93. The Morgan fingerprint density at radius 1 is 1.30 bits per heavy atom. The summed E-state index contributed by atoms with van der Waals surface area (Å²) in [5.74, 6) is 0.445. The number of hydrogen-bond acceptors (Lipinski definition) is 3. The number of nitrogens with one attached hydrogen (secondary N) is 1. The van der Waals surface area contributed by atoms with E-state index in [1.54, 1.807) is 6.07 Å². The van der Waals surface area contributed by atoms with Crippen LogP contribution in [0.25, 0.3) is 0 Å². The fourth-order valence-corrected chi connectivity index (χ4v) is 2.85. The van der Waals surface area contributed by atoms with Crippen LogP contribution in [-0.2, 0) is 6.54 Å². The molecule has 1 fully saturated rings. The van der Waals surface area contributed by atoms with Crippen molar-refractivity contribution in [3.05, 3.63) is 29.3 Å². The van der Waals surface area contributed by atoms with Crippen molar-refractivity contribution in [2.24, 2.45) is 5.92 Å². The number of aryl methyl sites for hydroxylation is 1. The number of alkyl halides is 3. The smallest absolute Gasteiger partial charge is 0.316 e. The minimum atomic E-state index is -4.19. The lowest BCUT2D eigenvalue weighted by molar-refractivity contribution is -0.125. The first-order valence-corrected chi connectivity index (χ1v) is 6.82. The maximum Gasteiger partial charge on any atom is 0.407 e. The van der Waals surface area contributed by atoms with Gasteiger partial charge in [-0.2, -0.15) is 13.2 Å².